The molecule has 1 aliphatic rings. The summed E-state index contributed by atoms with van der Waals surface area (Å²) in [6.07, 6.45) is 2.79. The number of aromatic hydroxyl groups is 1. The minimum Gasteiger partial charge on any atom is -0.506 e. The third kappa shape index (κ3) is 3.32. The number of aliphatic imine (C=N–C) groups is 1. The van der Waals surface area contributed by atoms with Crippen LogP contribution in [0.1, 0.15) is 30.2 Å². The van der Waals surface area contributed by atoms with Crippen LogP contribution in [0.5, 0.6) is 5.75 Å². The standard InChI is InChI=1S/C17H18FN3OS/c1-17(6-8-23-16(19)21-17)12-9-11(4-5-13(12)18)10-14-15(22)3-2-7-20-14/h2-5,7,9,22H,6,8,10H2,1H3,(H2,19,21)/t17-/m0/s1. The normalized spacial score (nSPS) is 21.0. The third-order valence-electron chi connectivity index (χ3n) is 4.04. The van der Waals surface area contributed by atoms with Gasteiger partial charge >= 0.3 is 0 Å². The van der Waals surface area contributed by atoms with E-state index in [2.05, 4.69) is 9.98 Å². The van der Waals surface area contributed by atoms with Crippen LogP contribution in [-0.2, 0) is 12.0 Å². The number of rotatable bonds is 3. The van der Waals surface area contributed by atoms with E-state index >= 15 is 0 Å². The van der Waals surface area contributed by atoms with Gasteiger partial charge in [0.1, 0.15) is 11.6 Å². The second-order valence-corrected chi connectivity index (χ2v) is 6.90. The molecule has 4 nitrogen and oxygen atoms in total. The molecule has 0 radical (unpaired) electrons. The maximum absolute atomic E-state index is 14.4. The summed E-state index contributed by atoms with van der Waals surface area (Å²) in [6, 6.07) is 8.23. The van der Waals surface area contributed by atoms with Gasteiger partial charge in [0, 0.05) is 23.9 Å². The molecule has 1 aromatic heterocycles. The van der Waals surface area contributed by atoms with E-state index in [0.29, 0.717) is 22.8 Å². The van der Waals surface area contributed by atoms with Crippen LogP contribution in [0.2, 0.25) is 0 Å². The SMILES string of the molecule is C[C@@]1(c2cc(Cc3ncccc3O)ccc2F)CCSC(N)=N1. The Labute approximate surface area is 138 Å². The molecule has 2 aromatic rings. The molecule has 0 aliphatic carbocycles. The lowest BCUT2D eigenvalue weighted by Gasteiger charge is -2.30. The fourth-order valence-corrected chi connectivity index (χ4v) is 3.71. The van der Waals surface area contributed by atoms with Gasteiger partial charge in [0.05, 0.1) is 11.2 Å². The highest BCUT2D eigenvalue weighted by Crippen LogP contribution is 2.37. The lowest BCUT2D eigenvalue weighted by Crippen LogP contribution is -2.29. The smallest absolute Gasteiger partial charge is 0.154 e. The lowest BCUT2D eigenvalue weighted by atomic mass is 9.87. The van der Waals surface area contributed by atoms with Crippen molar-refractivity contribution in [2.45, 2.75) is 25.3 Å². The van der Waals surface area contributed by atoms with Crippen LogP contribution in [0.4, 0.5) is 4.39 Å². The van der Waals surface area contributed by atoms with Gasteiger partial charge in [-0.15, -0.1) is 0 Å². The van der Waals surface area contributed by atoms with Gasteiger partial charge in [-0.25, -0.2) is 4.39 Å². The molecule has 3 N–H and O–H groups in total. The average molecular weight is 331 g/mol. The zero-order chi connectivity index (χ0) is 16.4. The number of thioether (sulfide) groups is 1. The van der Waals surface area contributed by atoms with Gasteiger partial charge in [0.15, 0.2) is 5.17 Å². The Morgan fingerprint density at radius 3 is 2.96 bits per heavy atom. The summed E-state index contributed by atoms with van der Waals surface area (Å²) in [5.41, 5.74) is 7.16. The molecule has 0 bridgehead atoms. The lowest BCUT2D eigenvalue weighted by molar-refractivity contribution is 0.449. The van der Waals surface area contributed by atoms with E-state index in [1.165, 1.54) is 17.8 Å². The van der Waals surface area contributed by atoms with Crippen molar-refractivity contribution in [3.05, 3.63) is 59.2 Å². The molecule has 0 amide bonds. The Morgan fingerprint density at radius 1 is 1.39 bits per heavy atom. The summed E-state index contributed by atoms with van der Waals surface area (Å²) >= 11 is 1.49. The molecular weight excluding hydrogens is 313 g/mol. The van der Waals surface area contributed by atoms with E-state index in [9.17, 15) is 9.50 Å². The molecule has 0 saturated heterocycles. The van der Waals surface area contributed by atoms with E-state index in [1.54, 1.807) is 30.5 Å². The van der Waals surface area contributed by atoms with E-state index in [4.69, 9.17) is 5.73 Å². The van der Waals surface area contributed by atoms with E-state index < -0.39 is 5.54 Å². The maximum atomic E-state index is 14.4. The molecule has 1 atom stereocenters. The van der Waals surface area contributed by atoms with Crippen LogP contribution in [-0.4, -0.2) is 21.0 Å². The van der Waals surface area contributed by atoms with Crippen molar-refractivity contribution in [3.8, 4) is 5.75 Å². The average Bonchev–Trinajstić information content (AvgIpc) is 2.51. The van der Waals surface area contributed by atoms with Gasteiger partial charge in [-0.05, 0) is 37.1 Å². The van der Waals surface area contributed by atoms with Crippen molar-refractivity contribution in [2.75, 3.05) is 5.75 Å². The highest BCUT2D eigenvalue weighted by Gasteiger charge is 2.32. The van der Waals surface area contributed by atoms with Crippen molar-refractivity contribution in [3.63, 3.8) is 0 Å². The largest absolute Gasteiger partial charge is 0.506 e. The van der Waals surface area contributed by atoms with Gasteiger partial charge in [-0.1, -0.05) is 23.9 Å². The second kappa shape index (κ2) is 6.20. The van der Waals surface area contributed by atoms with Crippen LogP contribution in [0.15, 0.2) is 41.5 Å². The summed E-state index contributed by atoms with van der Waals surface area (Å²) in [5, 5.41) is 10.3. The first-order valence-corrected chi connectivity index (χ1v) is 8.36. The zero-order valence-electron chi connectivity index (χ0n) is 12.8. The molecule has 23 heavy (non-hydrogen) atoms. The molecule has 6 heteroatoms. The number of hydrogen-bond acceptors (Lipinski definition) is 5. The predicted molar refractivity (Wildman–Crippen MR) is 91.2 cm³/mol. The van der Waals surface area contributed by atoms with Crippen LogP contribution in [0.25, 0.3) is 0 Å². The number of nitrogens with zero attached hydrogens (tertiary/aromatic N) is 2. The predicted octanol–water partition coefficient (Wildman–Crippen LogP) is 3.18. The third-order valence-corrected chi connectivity index (χ3v) is 4.84. The minimum absolute atomic E-state index is 0.140. The molecule has 0 unspecified atom stereocenters. The number of nitrogens with two attached hydrogens (primary N) is 1. The molecule has 120 valence electrons. The summed E-state index contributed by atoms with van der Waals surface area (Å²) in [7, 11) is 0. The summed E-state index contributed by atoms with van der Waals surface area (Å²) in [6.45, 7) is 1.90. The Morgan fingerprint density at radius 2 is 2.22 bits per heavy atom. The summed E-state index contributed by atoms with van der Waals surface area (Å²) in [5.74, 6) is 0.669. The number of pyridine rings is 1. The van der Waals surface area contributed by atoms with E-state index in [-0.39, 0.29) is 11.6 Å². The molecular formula is C17H18FN3OS. The van der Waals surface area contributed by atoms with Crippen molar-refractivity contribution in [2.24, 2.45) is 10.7 Å². The van der Waals surface area contributed by atoms with Crippen LogP contribution in [0, 0.1) is 5.82 Å². The van der Waals surface area contributed by atoms with Crippen molar-refractivity contribution >= 4 is 16.9 Å². The van der Waals surface area contributed by atoms with E-state index in [0.717, 1.165) is 17.7 Å². The monoisotopic (exact) mass is 331 g/mol. The van der Waals surface area contributed by atoms with Gasteiger partial charge in [0.2, 0.25) is 0 Å². The second-order valence-electron chi connectivity index (χ2n) is 5.78. The molecule has 3 rings (SSSR count). The Balaban J connectivity index is 1.97. The van der Waals surface area contributed by atoms with Crippen molar-refractivity contribution < 1.29 is 9.50 Å². The van der Waals surface area contributed by atoms with Gasteiger partial charge in [-0.3, -0.25) is 9.98 Å². The summed E-state index contributed by atoms with van der Waals surface area (Å²) in [4.78, 5) is 8.64. The van der Waals surface area contributed by atoms with Gasteiger partial charge in [-0.2, -0.15) is 0 Å². The quantitative estimate of drug-likeness (QED) is 0.906. The minimum atomic E-state index is -0.651. The Bertz CT molecular complexity index is 765. The number of amidine groups is 1. The number of halogens is 1. The number of hydrogen-bond donors (Lipinski definition) is 2. The van der Waals surface area contributed by atoms with Gasteiger partial charge in [0.25, 0.3) is 0 Å². The van der Waals surface area contributed by atoms with E-state index in [1.807, 2.05) is 6.92 Å². The zero-order valence-corrected chi connectivity index (χ0v) is 13.6. The van der Waals surface area contributed by atoms with Crippen LogP contribution < -0.4 is 5.73 Å². The molecule has 1 aromatic carbocycles. The van der Waals surface area contributed by atoms with Crippen LogP contribution >= 0.6 is 11.8 Å². The topological polar surface area (TPSA) is 71.5 Å². The fourth-order valence-electron chi connectivity index (χ4n) is 2.73. The number of aromatic nitrogens is 1. The first-order valence-electron chi connectivity index (χ1n) is 7.38. The van der Waals surface area contributed by atoms with Crippen molar-refractivity contribution in [1.29, 1.82) is 0 Å². The highest BCUT2D eigenvalue weighted by molar-refractivity contribution is 8.13. The van der Waals surface area contributed by atoms with Crippen molar-refractivity contribution in [1.82, 2.24) is 4.98 Å². The Kier molecular flexibility index (Phi) is 4.26. The Hall–Kier alpha value is -2.08. The first-order chi connectivity index (χ1) is 11.0. The van der Waals surface area contributed by atoms with Crippen LogP contribution in [0.3, 0.4) is 0 Å². The highest BCUT2D eigenvalue weighted by atomic mass is 32.2. The maximum Gasteiger partial charge on any atom is 0.154 e. The number of benzene rings is 1. The fraction of sp³-hybridized carbons (Fsp3) is 0.294. The molecule has 0 spiro atoms. The molecule has 0 saturated carbocycles. The molecule has 1 aliphatic heterocycles. The first kappa shape index (κ1) is 15.8. The molecule has 0 fully saturated rings. The van der Waals surface area contributed by atoms with Gasteiger partial charge < -0.3 is 10.8 Å². The molecule has 2 heterocycles. The summed E-state index contributed by atoms with van der Waals surface area (Å²) < 4.78 is 14.4.